The molecule has 2 aromatic heterocycles. The summed E-state index contributed by atoms with van der Waals surface area (Å²) in [7, 11) is -3.86. The van der Waals surface area contributed by atoms with Crippen LogP contribution in [0.3, 0.4) is 0 Å². The molecule has 0 unspecified atom stereocenters. The third-order valence-electron chi connectivity index (χ3n) is 5.89. The Morgan fingerprint density at radius 1 is 1.05 bits per heavy atom. The molecule has 0 aliphatic rings. The molecule has 0 fully saturated rings. The Kier molecular flexibility index (Phi) is 7.30. The van der Waals surface area contributed by atoms with Crippen molar-refractivity contribution in [2.75, 3.05) is 5.12 Å². The van der Waals surface area contributed by atoms with Crippen LogP contribution in [0.5, 0.6) is 5.75 Å². The molecule has 2 N–H and O–H groups in total. The Bertz CT molecular complexity index is 1840. The van der Waals surface area contributed by atoms with Gasteiger partial charge in [0.15, 0.2) is 11.5 Å². The lowest BCUT2D eigenvalue weighted by molar-refractivity contribution is 0.419. The fourth-order valence-corrected chi connectivity index (χ4v) is 5.41. The Morgan fingerprint density at radius 3 is 2.62 bits per heavy atom. The second kappa shape index (κ2) is 10.8. The van der Waals surface area contributed by atoms with Crippen LogP contribution in [0.1, 0.15) is 16.7 Å². The van der Waals surface area contributed by atoms with Crippen LogP contribution in [0.4, 0.5) is 10.3 Å². The topological polar surface area (TPSA) is 124 Å². The number of hydrogen-bond donors (Lipinski definition) is 2. The van der Waals surface area contributed by atoms with Crippen molar-refractivity contribution in [3.63, 3.8) is 0 Å². The Hall–Kier alpha value is -4.31. The van der Waals surface area contributed by atoms with Gasteiger partial charge < -0.3 is 5.11 Å². The van der Waals surface area contributed by atoms with Crippen molar-refractivity contribution in [3.8, 4) is 23.1 Å². The maximum absolute atomic E-state index is 15.7. The normalized spacial score (nSPS) is 11.4. The Morgan fingerprint density at radius 2 is 1.82 bits per heavy atom. The van der Waals surface area contributed by atoms with Crippen molar-refractivity contribution in [1.82, 2.24) is 19.3 Å². The van der Waals surface area contributed by atoms with Gasteiger partial charge in [0.1, 0.15) is 5.75 Å². The Balaban J connectivity index is 1.38. The van der Waals surface area contributed by atoms with Crippen LogP contribution in [-0.2, 0) is 23.1 Å². The summed E-state index contributed by atoms with van der Waals surface area (Å²) in [6, 6.07) is 22.7. The molecule has 5 aromatic rings. The molecule has 0 amide bonds. The zero-order chi connectivity index (χ0) is 27.6. The van der Waals surface area contributed by atoms with Gasteiger partial charge in [-0.25, -0.2) is 18.1 Å². The van der Waals surface area contributed by atoms with Gasteiger partial charge in [0.25, 0.3) is 0 Å². The molecule has 0 atom stereocenters. The van der Waals surface area contributed by atoms with Gasteiger partial charge in [-0.3, -0.25) is 0 Å². The summed E-state index contributed by atoms with van der Waals surface area (Å²) >= 11 is 3.39. The van der Waals surface area contributed by atoms with Crippen molar-refractivity contribution >= 4 is 37.4 Å². The third-order valence-corrected chi connectivity index (χ3v) is 7.85. The molecule has 5 rings (SSSR count). The van der Waals surface area contributed by atoms with Gasteiger partial charge in [0.2, 0.25) is 10.0 Å². The molecule has 0 saturated heterocycles. The van der Waals surface area contributed by atoms with Crippen molar-refractivity contribution in [3.05, 3.63) is 106 Å². The minimum absolute atomic E-state index is 0.0100. The molecule has 0 aliphatic heterocycles. The second-order valence-electron chi connectivity index (χ2n) is 8.55. The predicted octanol–water partition coefficient (Wildman–Crippen LogP) is 5.11. The number of rotatable bonds is 8. The first-order valence-electron chi connectivity index (χ1n) is 11.6. The summed E-state index contributed by atoms with van der Waals surface area (Å²) in [6.45, 7) is -0.191. The molecule has 3 aromatic carbocycles. The van der Waals surface area contributed by atoms with E-state index in [0.717, 1.165) is 0 Å². The first kappa shape index (κ1) is 26.3. The number of phenols is 1. The van der Waals surface area contributed by atoms with Crippen molar-refractivity contribution < 1.29 is 18.0 Å². The number of nitrogens with zero attached hydrogens (tertiary/aromatic N) is 5. The van der Waals surface area contributed by atoms with Gasteiger partial charge in [-0.2, -0.15) is 20.0 Å². The summed E-state index contributed by atoms with van der Waals surface area (Å²) in [5.41, 5.74) is 2.62. The fraction of sp³-hybridized carbons (Fsp3) is 0.0741. The second-order valence-corrected chi connectivity index (χ2v) is 11.2. The van der Waals surface area contributed by atoms with Gasteiger partial charge in [0, 0.05) is 18.2 Å². The number of sulfonamides is 1. The van der Waals surface area contributed by atoms with Crippen LogP contribution in [0.15, 0.2) is 94.4 Å². The predicted molar refractivity (Wildman–Crippen MR) is 147 cm³/mol. The molecule has 196 valence electrons. The summed E-state index contributed by atoms with van der Waals surface area (Å²) in [5.74, 6) is 0.100. The number of para-hydroxylation sites is 1. The maximum Gasteiger partial charge on any atom is 0.240 e. The van der Waals surface area contributed by atoms with Crippen molar-refractivity contribution in [1.29, 1.82) is 5.26 Å². The van der Waals surface area contributed by atoms with E-state index in [2.05, 4.69) is 30.7 Å². The SMILES string of the molecule is N#Cc1cccc(S(=O)(=O)NCc2cccc(CN(F)c3cc(-c4ccccc4O)nc4c(Br)cnn34)c2)c1. The number of aromatic nitrogens is 3. The number of halogens is 2. The number of phenolic OH excluding ortho intramolecular Hbond substituents is 1. The van der Waals surface area contributed by atoms with Crippen LogP contribution < -0.4 is 9.84 Å². The number of anilines is 1. The van der Waals surface area contributed by atoms with E-state index in [4.69, 9.17) is 5.26 Å². The van der Waals surface area contributed by atoms with Gasteiger partial charge >= 0.3 is 0 Å². The highest BCUT2D eigenvalue weighted by atomic mass is 79.9. The molecule has 2 heterocycles. The lowest BCUT2D eigenvalue weighted by Gasteiger charge is -2.17. The van der Waals surface area contributed by atoms with Gasteiger partial charge in [-0.15, -0.1) is 0 Å². The highest BCUT2D eigenvalue weighted by Gasteiger charge is 2.19. The number of hydrogen-bond acceptors (Lipinski definition) is 7. The lowest BCUT2D eigenvalue weighted by Crippen LogP contribution is -2.23. The largest absolute Gasteiger partial charge is 0.507 e. The molecule has 9 nitrogen and oxygen atoms in total. The monoisotopic (exact) mass is 606 g/mol. The fourth-order valence-electron chi connectivity index (χ4n) is 4.00. The highest BCUT2D eigenvalue weighted by Crippen LogP contribution is 2.32. The number of nitrogens with one attached hydrogen (secondary N) is 1. The molecule has 39 heavy (non-hydrogen) atoms. The smallest absolute Gasteiger partial charge is 0.240 e. The van der Waals surface area contributed by atoms with E-state index in [1.54, 1.807) is 42.5 Å². The van der Waals surface area contributed by atoms with Crippen molar-refractivity contribution in [2.24, 2.45) is 0 Å². The van der Waals surface area contributed by atoms with Gasteiger partial charge in [-0.05, 0) is 57.4 Å². The van der Waals surface area contributed by atoms with Crippen LogP contribution in [0.2, 0.25) is 0 Å². The molecule has 0 radical (unpaired) electrons. The summed E-state index contributed by atoms with van der Waals surface area (Å²) < 4.78 is 45.5. The third kappa shape index (κ3) is 5.61. The molecule has 12 heteroatoms. The molecule has 0 bridgehead atoms. The summed E-state index contributed by atoms with van der Waals surface area (Å²) in [4.78, 5) is 4.52. The lowest BCUT2D eigenvalue weighted by atomic mass is 10.1. The quantitative estimate of drug-likeness (QED) is 0.235. The molecule has 0 spiro atoms. The first-order valence-corrected chi connectivity index (χ1v) is 13.9. The zero-order valence-corrected chi connectivity index (χ0v) is 22.6. The minimum atomic E-state index is -3.86. The number of nitriles is 1. The molecule has 0 aliphatic carbocycles. The number of fused-ring (bicyclic) bond motifs is 1. The van der Waals surface area contributed by atoms with E-state index in [-0.39, 0.29) is 35.1 Å². The van der Waals surface area contributed by atoms with Crippen LogP contribution in [-0.4, -0.2) is 28.1 Å². The summed E-state index contributed by atoms with van der Waals surface area (Å²) in [5, 5.41) is 24.1. The Labute approximate surface area is 231 Å². The minimum Gasteiger partial charge on any atom is -0.507 e. The number of benzene rings is 3. The summed E-state index contributed by atoms with van der Waals surface area (Å²) in [6.07, 6.45) is 1.51. The molecular weight excluding hydrogens is 587 g/mol. The van der Waals surface area contributed by atoms with Crippen LogP contribution in [0, 0.1) is 11.3 Å². The van der Waals surface area contributed by atoms with Crippen LogP contribution in [0.25, 0.3) is 16.9 Å². The van der Waals surface area contributed by atoms with Gasteiger partial charge in [0.05, 0.1) is 39.4 Å². The first-order chi connectivity index (χ1) is 18.7. The average molecular weight is 607 g/mol. The van der Waals surface area contributed by atoms with Crippen molar-refractivity contribution in [2.45, 2.75) is 18.0 Å². The van der Waals surface area contributed by atoms with Crippen LogP contribution >= 0.6 is 15.9 Å². The van der Waals surface area contributed by atoms with E-state index >= 15 is 4.48 Å². The highest BCUT2D eigenvalue weighted by molar-refractivity contribution is 9.10. The van der Waals surface area contributed by atoms with E-state index in [9.17, 15) is 13.5 Å². The zero-order valence-electron chi connectivity index (χ0n) is 20.2. The molecule has 0 saturated carbocycles. The van der Waals surface area contributed by atoms with E-state index in [1.165, 1.54) is 47.1 Å². The van der Waals surface area contributed by atoms with Gasteiger partial charge in [-0.1, -0.05) is 46.9 Å². The molecular formula is C27H20BrFN6O3S. The standard InChI is InChI=1S/C27H20BrFN6O3S/c28-23-16-31-35-26(13-24(33-27(23)35)22-9-1-2-10-25(22)36)34(29)17-20-7-3-6-19(11-20)15-32-39(37,38)21-8-4-5-18(12-21)14-30/h1-13,16,32,36H,15,17H2. The average Bonchev–Trinajstić information content (AvgIpc) is 3.32. The van der Waals surface area contributed by atoms with E-state index in [1.807, 2.05) is 6.07 Å². The van der Waals surface area contributed by atoms with E-state index < -0.39 is 10.0 Å². The maximum atomic E-state index is 15.7. The number of aromatic hydroxyl groups is 1. The van der Waals surface area contributed by atoms with E-state index in [0.29, 0.717) is 37.6 Å².